The summed E-state index contributed by atoms with van der Waals surface area (Å²) in [6, 6.07) is 1.99. The average Bonchev–Trinajstić information content (AvgIpc) is 2.10. The Bertz CT molecular complexity index is 315. The summed E-state index contributed by atoms with van der Waals surface area (Å²) >= 11 is 0. The minimum atomic E-state index is -0.360. The van der Waals surface area contributed by atoms with Crippen molar-refractivity contribution in [2.75, 3.05) is 0 Å². The number of hydrogen-bond acceptors (Lipinski definition) is 3. The van der Waals surface area contributed by atoms with Crippen LogP contribution in [0.25, 0.3) is 0 Å². The van der Waals surface area contributed by atoms with Crippen molar-refractivity contribution in [3.63, 3.8) is 0 Å². The molecule has 0 saturated carbocycles. The van der Waals surface area contributed by atoms with E-state index < -0.39 is 0 Å². The lowest BCUT2D eigenvalue weighted by Crippen LogP contribution is -2.39. The van der Waals surface area contributed by atoms with Gasteiger partial charge in [0.2, 0.25) is 5.91 Å². The third-order valence-corrected chi connectivity index (χ3v) is 2.39. The number of carbonyl (C=O) groups excluding carboxylic acids is 1. The molecule has 0 unspecified atom stereocenters. The van der Waals surface area contributed by atoms with E-state index in [1.54, 1.807) is 0 Å². The minimum Gasteiger partial charge on any atom is -0.460 e. The molecule has 0 aromatic rings. The van der Waals surface area contributed by atoms with E-state index in [0.717, 1.165) is 12.0 Å². The predicted octanol–water partition coefficient (Wildman–Crippen LogP) is 1.30. The van der Waals surface area contributed by atoms with Gasteiger partial charge in [-0.2, -0.15) is 5.26 Å². The van der Waals surface area contributed by atoms with Crippen molar-refractivity contribution in [3.05, 3.63) is 11.3 Å². The number of carbonyl (C=O) groups is 1. The van der Waals surface area contributed by atoms with E-state index in [2.05, 4.69) is 5.32 Å². The van der Waals surface area contributed by atoms with Gasteiger partial charge < -0.3 is 10.1 Å². The molecule has 76 valence electrons. The molecule has 4 nitrogen and oxygen atoms in total. The summed E-state index contributed by atoms with van der Waals surface area (Å²) in [6.07, 6.45) is 0.359. The standard InChI is InChI=1S/C10H14N2O2/c1-6-4-10(12-8(3)13)14-9(5-11)7(6)2/h6,10H,4H2,1-3H3,(H,12,13)/t6-,10-/m0/s1. The van der Waals surface area contributed by atoms with Crippen LogP contribution in [0.4, 0.5) is 0 Å². The molecular weight excluding hydrogens is 180 g/mol. The van der Waals surface area contributed by atoms with Gasteiger partial charge in [-0.25, -0.2) is 0 Å². The molecule has 0 aliphatic carbocycles. The van der Waals surface area contributed by atoms with Gasteiger partial charge in [0.15, 0.2) is 12.0 Å². The predicted molar refractivity (Wildman–Crippen MR) is 50.8 cm³/mol. The van der Waals surface area contributed by atoms with Gasteiger partial charge in [-0.05, 0) is 18.4 Å². The average molecular weight is 194 g/mol. The number of nitrogens with one attached hydrogen (secondary N) is 1. The maximum absolute atomic E-state index is 10.8. The number of nitrogens with zero attached hydrogens (tertiary/aromatic N) is 1. The van der Waals surface area contributed by atoms with E-state index in [0.29, 0.717) is 5.76 Å². The fraction of sp³-hybridized carbons (Fsp3) is 0.600. The SMILES string of the molecule is CC(=O)N[C@@H]1C[C@H](C)C(C)=C(C#N)O1. The molecular formula is C10H14N2O2. The van der Waals surface area contributed by atoms with Crippen LogP contribution in [0.2, 0.25) is 0 Å². The molecule has 1 N–H and O–H groups in total. The third-order valence-electron chi connectivity index (χ3n) is 2.39. The molecule has 2 atom stereocenters. The molecule has 0 bridgehead atoms. The maximum Gasteiger partial charge on any atom is 0.219 e. The van der Waals surface area contributed by atoms with Crippen LogP contribution in [-0.2, 0) is 9.53 Å². The highest BCUT2D eigenvalue weighted by Gasteiger charge is 2.25. The van der Waals surface area contributed by atoms with Crippen LogP contribution in [0.5, 0.6) is 0 Å². The van der Waals surface area contributed by atoms with E-state index >= 15 is 0 Å². The second-order valence-corrected chi connectivity index (χ2v) is 3.57. The molecule has 1 heterocycles. The largest absolute Gasteiger partial charge is 0.460 e. The Kier molecular flexibility index (Phi) is 3.13. The Balaban J connectivity index is 2.75. The number of nitriles is 1. The normalized spacial score (nSPS) is 26.4. The van der Waals surface area contributed by atoms with Gasteiger partial charge in [0.1, 0.15) is 6.07 Å². The van der Waals surface area contributed by atoms with Gasteiger partial charge in [-0.1, -0.05) is 6.92 Å². The Morgan fingerprint density at radius 1 is 1.71 bits per heavy atom. The second-order valence-electron chi connectivity index (χ2n) is 3.57. The van der Waals surface area contributed by atoms with E-state index in [4.69, 9.17) is 10.00 Å². The summed E-state index contributed by atoms with van der Waals surface area (Å²) in [4.78, 5) is 10.8. The van der Waals surface area contributed by atoms with Gasteiger partial charge >= 0.3 is 0 Å². The van der Waals surface area contributed by atoms with Gasteiger partial charge in [0.25, 0.3) is 0 Å². The Morgan fingerprint density at radius 2 is 2.36 bits per heavy atom. The Labute approximate surface area is 83.5 Å². The van der Waals surface area contributed by atoms with Crippen molar-refractivity contribution in [3.8, 4) is 6.07 Å². The van der Waals surface area contributed by atoms with Crippen LogP contribution >= 0.6 is 0 Å². The van der Waals surface area contributed by atoms with Crippen LogP contribution in [-0.4, -0.2) is 12.1 Å². The molecule has 0 fully saturated rings. The molecule has 0 spiro atoms. The van der Waals surface area contributed by atoms with Crippen molar-refractivity contribution in [1.29, 1.82) is 5.26 Å². The quantitative estimate of drug-likeness (QED) is 0.684. The highest BCUT2D eigenvalue weighted by Crippen LogP contribution is 2.27. The zero-order valence-electron chi connectivity index (χ0n) is 8.63. The lowest BCUT2D eigenvalue weighted by molar-refractivity contribution is -0.122. The van der Waals surface area contributed by atoms with Crippen molar-refractivity contribution in [2.24, 2.45) is 5.92 Å². The molecule has 0 aromatic carbocycles. The molecule has 14 heavy (non-hydrogen) atoms. The summed E-state index contributed by atoms with van der Waals surface area (Å²) < 4.78 is 5.32. The molecule has 4 heteroatoms. The van der Waals surface area contributed by atoms with Crippen molar-refractivity contribution >= 4 is 5.91 Å². The molecule has 1 aliphatic heterocycles. The molecule has 1 aliphatic rings. The molecule has 1 amide bonds. The van der Waals surface area contributed by atoms with E-state index in [-0.39, 0.29) is 18.1 Å². The number of allylic oxidation sites excluding steroid dienone is 2. The monoisotopic (exact) mass is 194 g/mol. The summed E-state index contributed by atoms with van der Waals surface area (Å²) in [5.41, 5.74) is 0.953. The van der Waals surface area contributed by atoms with Crippen LogP contribution in [0, 0.1) is 17.2 Å². The van der Waals surface area contributed by atoms with Crippen molar-refractivity contribution < 1.29 is 9.53 Å². The maximum atomic E-state index is 10.8. The second kappa shape index (κ2) is 4.14. The Hall–Kier alpha value is -1.50. The number of ether oxygens (including phenoxy) is 1. The summed E-state index contributed by atoms with van der Waals surface area (Å²) in [5, 5.41) is 11.4. The highest BCUT2D eigenvalue weighted by atomic mass is 16.5. The first-order valence-electron chi connectivity index (χ1n) is 4.59. The fourth-order valence-corrected chi connectivity index (χ4v) is 1.43. The van der Waals surface area contributed by atoms with Crippen LogP contribution in [0.15, 0.2) is 11.3 Å². The summed E-state index contributed by atoms with van der Waals surface area (Å²) in [5.74, 6) is 0.469. The van der Waals surface area contributed by atoms with E-state index in [9.17, 15) is 4.79 Å². The van der Waals surface area contributed by atoms with Gasteiger partial charge in [-0.3, -0.25) is 4.79 Å². The smallest absolute Gasteiger partial charge is 0.219 e. The van der Waals surface area contributed by atoms with Gasteiger partial charge in [-0.15, -0.1) is 0 Å². The number of hydrogen-bond donors (Lipinski definition) is 1. The van der Waals surface area contributed by atoms with Crippen LogP contribution in [0.1, 0.15) is 27.2 Å². The van der Waals surface area contributed by atoms with Gasteiger partial charge in [0.05, 0.1) is 0 Å². The van der Waals surface area contributed by atoms with Gasteiger partial charge in [0, 0.05) is 13.3 Å². The topological polar surface area (TPSA) is 62.1 Å². The summed E-state index contributed by atoms with van der Waals surface area (Å²) in [6.45, 7) is 5.34. The highest BCUT2D eigenvalue weighted by molar-refractivity contribution is 5.73. The first kappa shape index (κ1) is 10.6. The molecule has 0 saturated heterocycles. The summed E-state index contributed by atoms with van der Waals surface area (Å²) in [7, 11) is 0. The molecule has 1 rings (SSSR count). The third kappa shape index (κ3) is 2.25. The van der Waals surface area contributed by atoms with Crippen LogP contribution < -0.4 is 5.32 Å². The minimum absolute atomic E-state index is 0.140. The molecule has 0 radical (unpaired) electrons. The van der Waals surface area contributed by atoms with Crippen molar-refractivity contribution in [2.45, 2.75) is 33.4 Å². The molecule has 0 aromatic heterocycles. The first-order chi connectivity index (χ1) is 6.54. The van der Waals surface area contributed by atoms with E-state index in [1.807, 2.05) is 19.9 Å². The Morgan fingerprint density at radius 3 is 2.86 bits per heavy atom. The lowest BCUT2D eigenvalue weighted by atomic mass is 9.95. The number of rotatable bonds is 1. The van der Waals surface area contributed by atoms with Crippen molar-refractivity contribution in [1.82, 2.24) is 5.32 Å². The lowest BCUT2D eigenvalue weighted by Gasteiger charge is -2.28. The zero-order chi connectivity index (χ0) is 10.7. The van der Waals surface area contributed by atoms with Crippen LogP contribution in [0.3, 0.4) is 0 Å². The fourth-order valence-electron chi connectivity index (χ4n) is 1.43. The number of amides is 1. The first-order valence-corrected chi connectivity index (χ1v) is 4.59. The zero-order valence-corrected chi connectivity index (χ0v) is 8.63. The van der Waals surface area contributed by atoms with E-state index in [1.165, 1.54) is 6.92 Å².